The zero-order chi connectivity index (χ0) is 16.2. The number of halogens is 2. The summed E-state index contributed by atoms with van der Waals surface area (Å²) in [4.78, 5) is 16.2. The Labute approximate surface area is 144 Å². The van der Waals surface area contributed by atoms with Gasteiger partial charge in [-0.1, -0.05) is 23.2 Å². The third kappa shape index (κ3) is 4.39. The highest BCUT2D eigenvalue weighted by Crippen LogP contribution is 2.38. The number of ether oxygens (including phenoxy) is 1. The van der Waals surface area contributed by atoms with Crippen LogP contribution in [-0.2, 0) is 11.3 Å². The molecule has 5 nitrogen and oxygen atoms in total. The summed E-state index contributed by atoms with van der Waals surface area (Å²) in [5.74, 6) is 1.96. The predicted octanol–water partition coefficient (Wildman–Crippen LogP) is 3.26. The Morgan fingerprint density at radius 1 is 1.39 bits per heavy atom. The highest BCUT2D eigenvalue weighted by Gasteiger charge is 2.27. The van der Waals surface area contributed by atoms with E-state index in [0.717, 1.165) is 5.82 Å². The van der Waals surface area contributed by atoms with Crippen molar-refractivity contribution in [3.63, 3.8) is 0 Å². The van der Waals surface area contributed by atoms with Crippen molar-refractivity contribution in [1.82, 2.24) is 14.9 Å². The van der Waals surface area contributed by atoms with Crippen LogP contribution in [-0.4, -0.2) is 28.6 Å². The van der Waals surface area contributed by atoms with Gasteiger partial charge in [0.15, 0.2) is 6.61 Å². The lowest BCUT2D eigenvalue weighted by molar-refractivity contribution is -0.123. The lowest BCUT2D eigenvalue weighted by Crippen LogP contribution is -2.31. The van der Waals surface area contributed by atoms with Crippen LogP contribution in [0.25, 0.3) is 0 Å². The van der Waals surface area contributed by atoms with E-state index in [4.69, 9.17) is 27.9 Å². The molecular formula is C16H17Cl2N3O2. The molecule has 0 unspecified atom stereocenters. The number of nitrogens with one attached hydrogen (secondary N) is 1. The molecule has 1 aromatic heterocycles. The van der Waals surface area contributed by atoms with Gasteiger partial charge in [0.2, 0.25) is 0 Å². The van der Waals surface area contributed by atoms with E-state index in [0.29, 0.717) is 34.8 Å². The number of hydrogen-bond acceptors (Lipinski definition) is 3. The van der Waals surface area contributed by atoms with Crippen molar-refractivity contribution >= 4 is 29.1 Å². The first-order chi connectivity index (χ1) is 11.1. The van der Waals surface area contributed by atoms with Crippen LogP contribution in [0.1, 0.15) is 24.6 Å². The molecule has 1 aliphatic rings. The summed E-state index contributed by atoms with van der Waals surface area (Å²) in [7, 11) is 0. The summed E-state index contributed by atoms with van der Waals surface area (Å²) in [6.07, 6.45) is 6.17. The smallest absolute Gasteiger partial charge is 0.258 e. The Morgan fingerprint density at radius 2 is 2.22 bits per heavy atom. The lowest BCUT2D eigenvalue weighted by atomic mass is 10.3. The number of imidazole rings is 1. The van der Waals surface area contributed by atoms with Gasteiger partial charge in [-0.2, -0.15) is 0 Å². The van der Waals surface area contributed by atoms with Gasteiger partial charge in [-0.05, 0) is 31.0 Å². The largest absolute Gasteiger partial charge is 0.482 e. The van der Waals surface area contributed by atoms with Crippen molar-refractivity contribution in [2.45, 2.75) is 25.3 Å². The maximum atomic E-state index is 11.8. The summed E-state index contributed by atoms with van der Waals surface area (Å²) in [5, 5.41) is 3.74. The lowest BCUT2D eigenvalue weighted by Gasteiger charge is -2.10. The molecule has 7 heteroatoms. The predicted molar refractivity (Wildman–Crippen MR) is 89.2 cm³/mol. The standard InChI is InChI=1S/C16H17Cl2N3O2/c17-12-3-4-14(13(18)9-12)23-10-15(22)19-5-7-21-8-6-20-16(21)11-1-2-11/h3-4,6,8-9,11H,1-2,5,7,10H2,(H,19,22). The van der Waals surface area contributed by atoms with Gasteiger partial charge < -0.3 is 14.6 Å². The van der Waals surface area contributed by atoms with Gasteiger partial charge in [0.25, 0.3) is 5.91 Å². The Hall–Kier alpha value is -1.72. The second-order valence-corrected chi connectivity index (χ2v) is 6.31. The van der Waals surface area contributed by atoms with E-state index in [2.05, 4.69) is 14.9 Å². The van der Waals surface area contributed by atoms with E-state index in [1.807, 2.05) is 6.20 Å². The van der Waals surface area contributed by atoms with E-state index in [9.17, 15) is 4.79 Å². The van der Waals surface area contributed by atoms with Gasteiger partial charge in [0.1, 0.15) is 11.6 Å². The number of hydrogen-bond donors (Lipinski definition) is 1. The highest BCUT2D eigenvalue weighted by atomic mass is 35.5. The minimum absolute atomic E-state index is 0.0826. The number of nitrogens with zero attached hydrogens (tertiary/aromatic N) is 2. The minimum atomic E-state index is -0.191. The first-order valence-electron chi connectivity index (χ1n) is 7.49. The summed E-state index contributed by atoms with van der Waals surface area (Å²) in [5.41, 5.74) is 0. The molecule has 2 aromatic rings. The Balaban J connectivity index is 1.42. The molecule has 0 bridgehead atoms. The molecule has 23 heavy (non-hydrogen) atoms. The molecule has 1 amide bonds. The van der Waals surface area contributed by atoms with Crippen LogP contribution in [0.15, 0.2) is 30.6 Å². The minimum Gasteiger partial charge on any atom is -0.482 e. The summed E-state index contributed by atoms with van der Waals surface area (Å²) >= 11 is 11.8. The molecule has 0 aliphatic heterocycles. The maximum absolute atomic E-state index is 11.8. The van der Waals surface area contributed by atoms with Gasteiger partial charge in [-0.3, -0.25) is 4.79 Å². The van der Waals surface area contributed by atoms with Crippen molar-refractivity contribution in [2.24, 2.45) is 0 Å². The Kier molecular flexibility index (Phi) is 5.08. The van der Waals surface area contributed by atoms with Crippen molar-refractivity contribution in [1.29, 1.82) is 0 Å². The van der Waals surface area contributed by atoms with Crippen LogP contribution < -0.4 is 10.1 Å². The highest BCUT2D eigenvalue weighted by molar-refractivity contribution is 6.35. The molecule has 0 spiro atoms. The summed E-state index contributed by atoms with van der Waals surface area (Å²) in [6, 6.07) is 4.89. The molecule has 1 aromatic carbocycles. The van der Waals surface area contributed by atoms with Gasteiger partial charge in [-0.15, -0.1) is 0 Å². The van der Waals surface area contributed by atoms with Crippen LogP contribution in [0.4, 0.5) is 0 Å². The van der Waals surface area contributed by atoms with Gasteiger partial charge in [0, 0.05) is 36.4 Å². The number of amides is 1. The molecule has 1 N–H and O–H groups in total. The average Bonchev–Trinajstić information content (AvgIpc) is 3.26. The fraction of sp³-hybridized carbons (Fsp3) is 0.375. The van der Waals surface area contributed by atoms with Crippen LogP contribution in [0.3, 0.4) is 0 Å². The fourth-order valence-corrected chi connectivity index (χ4v) is 2.78. The van der Waals surface area contributed by atoms with E-state index >= 15 is 0 Å². The number of carbonyl (C=O) groups excluding carboxylic acids is 1. The van der Waals surface area contributed by atoms with Crippen molar-refractivity contribution in [3.05, 3.63) is 46.5 Å². The number of benzene rings is 1. The van der Waals surface area contributed by atoms with Gasteiger partial charge in [0.05, 0.1) is 5.02 Å². The summed E-state index contributed by atoms with van der Waals surface area (Å²) in [6.45, 7) is 1.16. The Bertz CT molecular complexity index is 698. The molecule has 1 fully saturated rings. The molecular weight excluding hydrogens is 337 g/mol. The van der Waals surface area contributed by atoms with E-state index < -0.39 is 0 Å². The topological polar surface area (TPSA) is 56.1 Å². The molecule has 1 aliphatic carbocycles. The SMILES string of the molecule is O=C(COc1ccc(Cl)cc1Cl)NCCn1ccnc1C1CC1. The number of rotatable bonds is 7. The van der Waals surface area contributed by atoms with Crippen LogP contribution >= 0.6 is 23.2 Å². The number of aromatic nitrogens is 2. The Morgan fingerprint density at radius 3 is 2.96 bits per heavy atom. The van der Waals surface area contributed by atoms with E-state index in [-0.39, 0.29) is 12.5 Å². The van der Waals surface area contributed by atoms with Crippen molar-refractivity contribution < 1.29 is 9.53 Å². The average molecular weight is 354 g/mol. The van der Waals surface area contributed by atoms with Crippen LogP contribution in [0.5, 0.6) is 5.75 Å². The molecule has 0 atom stereocenters. The monoisotopic (exact) mass is 353 g/mol. The quantitative estimate of drug-likeness (QED) is 0.830. The zero-order valence-electron chi connectivity index (χ0n) is 12.5. The molecule has 1 heterocycles. The third-order valence-electron chi connectivity index (χ3n) is 3.62. The van der Waals surface area contributed by atoms with Crippen molar-refractivity contribution in [2.75, 3.05) is 13.2 Å². The summed E-state index contributed by atoms with van der Waals surface area (Å²) < 4.78 is 7.48. The molecule has 0 radical (unpaired) electrons. The third-order valence-corrected chi connectivity index (χ3v) is 4.15. The first-order valence-corrected chi connectivity index (χ1v) is 8.24. The maximum Gasteiger partial charge on any atom is 0.258 e. The van der Waals surface area contributed by atoms with Crippen LogP contribution in [0, 0.1) is 0 Å². The second kappa shape index (κ2) is 7.23. The van der Waals surface area contributed by atoms with Gasteiger partial charge in [-0.25, -0.2) is 4.98 Å². The van der Waals surface area contributed by atoms with E-state index in [1.54, 1.807) is 24.4 Å². The van der Waals surface area contributed by atoms with Gasteiger partial charge >= 0.3 is 0 Å². The first kappa shape index (κ1) is 16.1. The molecule has 3 rings (SSSR count). The molecule has 1 saturated carbocycles. The fourth-order valence-electron chi connectivity index (χ4n) is 2.31. The number of carbonyl (C=O) groups is 1. The normalized spacial score (nSPS) is 13.8. The van der Waals surface area contributed by atoms with Crippen molar-refractivity contribution in [3.8, 4) is 5.75 Å². The molecule has 0 saturated heterocycles. The second-order valence-electron chi connectivity index (χ2n) is 5.47. The molecule has 122 valence electrons. The zero-order valence-corrected chi connectivity index (χ0v) is 14.0. The van der Waals surface area contributed by atoms with Crippen LogP contribution in [0.2, 0.25) is 10.0 Å². The van der Waals surface area contributed by atoms with E-state index in [1.165, 1.54) is 12.8 Å².